The molecule has 0 aliphatic heterocycles. The van der Waals surface area contributed by atoms with Crippen LogP contribution in [0, 0.1) is 13.8 Å². The molecule has 0 atom stereocenters. The van der Waals surface area contributed by atoms with E-state index in [2.05, 4.69) is 5.16 Å². The van der Waals surface area contributed by atoms with Crippen LogP contribution < -0.4 is 9.47 Å². The molecule has 4 aromatic rings. The topological polar surface area (TPSA) is 81.8 Å². The minimum absolute atomic E-state index is 0.118. The van der Waals surface area contributed by atoms with E-state index < -0.39 is 5.97 Å². The van der Waals surface area contributed by atoms with Gasteiger partial charge in [-0.25, -0.2) is 4.79 Å². The fourth-order valence-corrected chi connectivity index (χ4v) is 4.18. The number of carboxylic acid groups (broad SMARTS) is 1. The smallest absolute Gasteiger partial charge is 0.336 e. The van der Waals surface area contributed by atoms with Gasteiger partial charge in [0.2, 0.25) is 0 Å². The maximum Gasteiger partial charge on any atom is 0.336 e. The van der Waals surface area contributed by atoms with Crippen molar-refractivity contribution in [3.63, 3.8) is 0 Å². The second-order valence-electron chi connectivity index (χ2n) is 7.63. The third-order valence-electron chi connectivity index (χ3n) is 5.34. The number of halogens is 2. The number of hydrogen-bond acceptors (Lipinski definition) is 5. The summed E-state index contributed by atoms with van der Waals surface area (Å²) < 4.78 is 17.2. The van der Waals surface area contributed by atoms with Crippen LogP contribution in [0.1, 0.15) is 32.8 Å². The van der Waals surface area contributed by atoms with Crippen molar-refractivity contribution in [3.05, 3.63) is 98.7 Å². The van der Waals surface area contributed by atoms with Crippen LogP contribution in [-0.2, 0) is 13.2 Å². The molecule has 0 aliphatic carbocycles. The van der Waals surface area contributed by atoms with Crippen molar-refractivity contribution < 1.29 is 23.9 Å². The van der Waals surface area contributed by atoms with Crippen LogP contribution in [-0.4, -0.2) is 16.2 Å². The number of hydrogen-bond donors (Lipinski definition) is 1. The molecular formula is C26H21Cl2NO5. The lowest BCUT2D eigenvalue weighted by Crippen LogP contribution is -2.08. The Morgan fingerprint density at radius 3 is 2.24 bits per heavy atom. The Balaban J connectivity index is 1.50. The van der Waals surface area contributed by atoms with Gasteiger partial charge in [0.1, 0.15) is 36.2 Å². The number of aromatic carboxylic acids is 1. The largest absolute Gasteiger partial charge is 0.489 e. The normalized spacial score (nSPS) is 10.8. The first-order valence-corrected chi connectivity index (χ1v) is 11.2. The first-order valence-electron chi connectivity index (χ1n) is 10.4. The summed E-state index contributed by atoms with van der Waals surface area (Å²) in [6, 6.07) is 17.7. The molecule has 0 unspecified atom stereocenters. The zero-order valence-electron chi connectivity index (χ0n) is 18.5. The van der Waals surface area contributed by atoms with Crippen molar-refractivity contribution in [2.75, 3.05) is 0 Å². The second kappa shape index (κ2) is 10.2. The molecule has 0 saturated heterocycles. The highest BCUT2D eigenvalue weighted by atomic mass is 35.5. The van der Waals surface area contributed by atoms with Crippen molar-refractivity contribution in [2.24, 2.45) is 0 Å². The van der Waals surface area contributed by atoms with Crippen LogP contribution in [0.15, 0.2) is 65.2 Å². The Morgan fingerprint density at radius 1 is 0.941 bits per heavy atom. The van der Waals surface area contributed by atoms with E-state index >= 15 is 0 Å². The molecule has 0 saturated carbocycles. The summed E-state index contributed by atoms with van der Waals surface area (Å²) in [4.78, 5) is 11.6. The average molecular weight is 498 g/mol. The van der Waals surface area contributed by atoms with E-state index in [1.807, 2.05) is 6.07 Å². The molecule has 6 nitrogen and oxygen atoms in total. The molecule has 34 heavy (non-hydrogen) atoms. The van der Waals surface area contributed by atoms with Crippen molar-refractivity contribution in [1.82, 2.24) is 5.16 Å². The van der Waals surface area contributed by atoms with Gasteiger partial charge < -0.3 is 19.1 Å². The zero-order chi connectivity index (χ0) is 24.2. The van der Waals surface area contributed by atoms with Crippen molar-refractivity contribution in [1.29, 1.82) is 0 Å². The average Bonchev–Trinajstić information content (AvgIpc) is 3.16. The number of nitrogens with zero attached hydrogens (tertiary/aromatic N) is 1. The first-order chi connectivity index (χ1) is 16.3. The molecular weight excluding hydrogens is 477 g/mol. The van der Waals surface area contributed by atoms with Gasteiger partial charge in [-0.05, 0) is 43.7 Å². The number of carbonyl (C=O) groups is 1. The highest BCUT2D eigenvalue weighted by Gasteiger charge is 2.20. The van der Waals surface area contributed by atoms with Crippen LogP contribution in [0.2, 0.25) is 10.0 Å². The van der Waals surface area contributed by atoms with Gasteiger partial charge in [-0.15, -0.1) is 0 Å². The molecule has 4 rings (SSSR count). The van der Waals surface area contributed by atoms with Gasteiger partial charge in [0.05, 0.1) is 21.2 Å². The fourth-order valence-electron chi connectivity index (χ4n) is 3.61. The van der Waals surface area contributed by atoms with Gasteiger partial charge in [0, 0.05) is 17.2 Å². The molecule has 0 spiro atoms. The summed E-state index contributed by atoms with van der Waals surface area (Å²) in [7, 11) is 0. The molecule has 0 amide bonds. The van der Waals surface area contributed by atoms with Crippen LogP contribution >= 0.6 is 23.2 Å². The lowest BCUT2D eigenvalue weighted by atomic mass is 10.0. The van der Waals surface area contributed by atoms with Gasteiger partial charge in [-0.2, -0.15) is 0 Å². The van der Waals surface area contributed by atoms with Gasteiger partial charge in [-0.3, -0.25) is 0 Å². The van der Waals surface area contributed by atoms with Gasteiger partial charge in [0.25, 0.3) is 0 Å². The predicted octanol–water partition coefficient (Wildman–Crippen LogP) is 7.12. The summed E-state index contributed by atoms with van der Waals surface area (Å²) in [5.74, 6) is 0.732. The molecule has 0 fully saturated rings. The fraction of sp³-hybridized carbons (Fsp3) is 0.154. The second-order valence-corrected chi connectivity index (χ2v) is 8.44. The lowest BCUT2D eigenvalue weighted by Gasteiger charge is -2.12. The number of carboxylic acids is 1. The van der Waals surface area contributed by atoms with Crippen molar-refractivity contribution in [3.8, 4) is 22.8 Å². The first kappa shape index (κ1) is 23.7. The minimum Gasteiger partial charge on any atom is -0.489 e. The SMILES string of the molecule is Cc1cccc(COc2cccc(OCc3c(-c4c(Cl)cccc4Cl)noc3C)c2)c1C(=O)O. The van der Waals surface area contributed by atoms with E-state index in [4.69, 9.17) is 37.2 Å². The third kappa shape index (κ3) is 5.03. The van der Waals surface area contributed by atoms with E-state index in [-0.39, 0.29) is 18.8 Å². The van der Waals surface area contributed by atoms with E-state index in [0.717, 1.165) is 5.56 Å². The van der Waals surface area contributed by atoms with E-state index in [0.29, 0.717) is 49.7 Å². The van der Waals surface area contributed by atoms with Gasteiger partial charge >= 0.3 is 5.97 Å². The minimum atomic E-state index is -0.979. The van der Waals surface area contributed by atoms with Gasteiger partial charge in [0.15, 0.2) is 0 Å². The van der Waals surface area contributed by atoms with Crippen LogP contribution in [0.25, 0.3) is 11.3 Å². The van der Waals surface area contributed by atoms with Gasteiger partial charge in [-0.1, -0.05) is 58.7 Å². The summed E-state index contributed by atoms with van der Waals surface area (Å²) in [5, 5.41) is 14.6. The number of ether oxygens (including phenoxy) is 2. The Kier molecular flexibility index (Phi) is 7.10. The predicted molar refractivity (Wildman–Crippen MR) is 130 cm³/mol. The molecule has 1 aromatic heterocycles. The van der Waals surface area contributed by atoms with Crippen LogP contribution in [0.3, 0.4) is 0 Å². The molecule has 1 heterocycles. The number of benzene rings is 3. The standard InChI is InChI=1S/C26H21Cl2NO5/c1-15-6-3-7-17(23(15)26(30)31)13-32-18-8-4-9-19(12-18)33-14-20-16(2)34-29-25(20)24-21(27)10-5-11-22(24)28/h3-12H,13-14H2,1-2H3,(H,30,31). The van der Waals surface area contributed by atoms with E-state index in [1.165, 1.54) is 0 Å². The molecule has 174 valence electrons. The molecule has 3 aromatic carbocycles. The Morgan fingerprint density at radius 2 is 1.56 bits per heavy atom. The Hall–Kier alpha value is -3.48. The number of aromatic nitrogens is 1. The third-order valence-corrected chi connectivity index (χ3v) is 5.97. The quantitative estimate of drug-likeness (QED) is 0.279. The van der Waals surface area contributed by atoms with Crippen molar-refractivity contribution in [2.45, 2.75) is 27.1 Å². The lowest BCUT2D eigenvalue weighted by molar-refractivity contribution is 0.0693. The summed E-state index contributed by atoms with van der Waals surface area (Å²) in [5.41, 5.74) is 3.38. The van der Waals surface area contributed by atoms with E-state index in [9.17, 15) is 9.90 Å². The molecule has 0 radical (unpaired) electrons. The molecule has 0 bridgehead atoms. The number of rotatable bonds is 8. The monoisotopic (exact) mass is 497 g/mol. The summed E-state index contributed by atoms with van der Waals surface area (Å²) >= 11 is 12.7. The van der Waals surface area contributed by atoms with E-state index in [1.54, 1.807) is 68.4 Å². The molecule has 8 heteroatoms. The maximum atomic E-state index is 11.6. The highest BCUT2D eigenvalue weighted by Crippen LogP contribution is 2.37. The summed E-state index contributed by atoms with van der Waals surface area (Å²) in [6.07, 6.45) is 0. The summed E-state index contributed by atoms with van der Waals surface area (Å²) in [6.45, 7) is 3.85. The Bertz CT molecular complexity index is 1330. The molecule has 0 aliphatic rings. The van der Waals surface area contributed by atoms with Crippen LogP contribution in [0.4, 0.5) is 0 Å². The number of aryl methyl sites for hydroxylation is 2. The Labute approximate surface area is 206 Å². The highest BCUT2D eigenvalue weighted by molar-refractivity contribution is 6.39. The maximum absolute atomic E-state index is 11.6. The van der Waals surface area contributed by atoms with Crippen LogP contribution in [0.5, 0.6) is 11.5 Å². The van der Waals surface area contributed by atoms with Crippen molar-refractivity contribution >= 4 is 29.2 Å². The zero-order valence-corrected chi connectivity index (χ0v) is 20.0. The molecule has 1 N–H and O–H groups in total.